The van der Waals surface area contributed by atoms with Crippen LogP contribution in [0.15, 0.2) is 42.6 Å². The topological polar surface area (TPSA) is 67.6 Å². The van der Waals surface area contributed by atoms with Crippen molar-refractivity contribution in [3.63, 3.8) is 0 Å². The van der Waals surface area contributed by atoms with Gasteiger partial charge in [-0.25, -0.2) is 13.9 Å². The molecule has 4 rings (SSSR count). The van der Waals surface area contributed by atoms with Gasteiger partial charge in [0, 0.05) is 36.7 Å². The first kappa shape index (κ1) is 21.3. The second kappa shape index (κ2) is 8.30. The molecule has 0 aliphatic carbocycles. The molecule has 1 atom stereocenters. The molecule has 0 bridgehead atoms. The fraction of sp³-hybridized carbons (Fsp3) is 0.417. The van der Waals surface area contributed by atoms with Gasteiger partial charge in [-0.2, -0.15) is 5.10 Å². The number of amides is 1. The monoisotopic (exact) mass is 425 g/mol. The maximum Gasteiger partial charge on any atom is 0.410 e. The predicted octanol–water partition coefficient (Wildman–Crippen LogP) is 4.77. The average Bonchev–Trinajstić information content (AvgIpc) is 3.16. The normalized spacial score (nSPS) is 17.2. The second-order valence-corrected chi connectivity index (χ2v) is 9.09. The Labute approximate surface area is 181 Å². The Balaban J connectivity index is 1.52. The number of benzene rings is 2. The number of ether oxygens (including phenoxy) is 1. The Bertz CT molecular complexity index is 1090. The van der Waals surface area contributed by atoms with E-state index in [2.05, 4.69) is 17.2 Å². The molecule has 0 radical (unpaired) electrons. The first-order valence-corrected chi connectivity index (χ1v) is 10.6. The zero-order valence-corrected chi connectivity index (χ0v) is 18.1. The van der Waals surface area contributed by atoms with E-state index in [4.69, 9.17) is 4.74 Å². The molecule has 1 aliphatic rings. The lowest BCUT2D eigenvalue weighted by Gasteiger charge is -2.34. The molecule has 1 aliphatic heterocycles. The molecule has 7 heteroatoms. The molecular weight excluding hydrogens is 397 g/mol. The SMILES string of the molecule is CC(C)(C)OC(=O)N1CCCC(c2ccc(-n3cc4c(CO)cc(F)cc4n3)cc2)C1. The van der Waals surface area contributed by atoms with Crippen LogP contribution in [-0.4, -0.2) is 44.6 Å². The number of likely N-dealkylation sites (tertiary alicyclic amines) is 1. The van der Waals surface area contributed by atoms with Crippen LogP contribution in [0.3, 0.4) is 0 Å². The highest BCUT2D eigenvalue weighted by molar-refractivity contribution is 5.82. The summed E-state index contributed by atoms with van der Waals surface area (Å²) in [5, 5.41) is 14.7. The largest absolute Gasteiger partial charge is 0.444 e. The molecule has 6 nitrogen and oxygen atoms in total. The molecule has 1 aromatic heterocycles. The summed E-state index contributed by atoms with van der Waals surface area (Å²) in [6.45, 7) is 6.74. The van der Waals surface area contributed by atoms with Gasteiger partial charge in [-0.15, -0.1) is 0 Å². The summed E-state index contributed by atoms with van der Waals surface area (Å²) in [5.74, 6) is -0.161. The van der Waals surface area contributed by atoms with Crippen molar-refractivity contribution in [3.05, 3.63) is 59.5 Å². The number of nitrogens with zero attached hydrogens (tertiary/aromatic N) is 3. The number of piperidine rings is 1. The third-order valence-corrected chi connectivity index (χ3v) is 5.55. The summed E-state index contributed by atoms with van der Waals surface area (Å²) in [6.07, 6.45) is 3.50. The quantitative estimate of drug-likeness (QED) is 0.656. The third kappa shape index (κ3) is 4.71. The van der Waals surface area contributed by atoms with Crippen molar-refractivity contribution in [2.24, 2.45) is 0 Å². The summed E-state index contributed by atoms with van der Waals surface area (Å²) in [4.78, 5) is 14.2. The number of fused-ring (bicyclic) bond motifs is 1. The molecule has 0 spiro atoms. The Hall–Kier alpha value is -2.93. The average molecular weight is 426 g/mol. The molecule has 31 heavy (non-hydrogen) atoms. The van der Waals surface area contributed by atoms with Gasteiger partial charge in [0.2, 0.25) is 0 Å². The van der Waals surface area contributed by atoms with E-state index in [1.54, 1.807) is 15.8 Å². The Morgan fingerprint density at radius 2 is 2.00 bits per heavy atom. The fourth-order valence-electron chi connectivity index (χ4n) is 4.06. The van der Waals surface area contributed by atoms with E-state index in [1.807, 2.05) is 32.9 Å². The van der Waals surface area contributed by atoms with Crippen LogP contribution in [0.4, 0.5) is 9.18 Å². The zero-order chi connectivity index (χ0) is 22.2. The van der Waals surface area contributed by atoms with Gasteiger partial charge in [0.05, 0.1) is 17.8 Å². The van der Waals surface area contributed by atoms with Gasteiger partial charge in [0.15, 0.2) is 0 Å². The van der Waals surface area contributed by atoms with Crippen molar-refractivity contribution in [3.8, 4) is 5.69 Å². The van der Waals surface area contributed by atoms with E-state index in [-0.39, 0.29) is 18.6 Å². The number of halogens is 1. The molecule has 3 aromatic rings. The van der Waals surface area contributed by atoms with E-state index < -0.39 is 11.4 Å². The van der Waals surface area contributed by atoms with Crippen LogP contribution in [0.25, 0.3) is 16.6 Å². The van der Waals surface area contributed by atoms with Crippen molar-refractivity contribution in [1.29, 1.82) is 0 Å². The minimum Gasteiger partial charge on any atom is -0.444 e. The third-order valence-electron chi connectivity index (χ3n) is 5.55. The number of hydrogen-bond acceptors (Lipinski definition) is 4. The lowest BCUT2D eigenvalue weighted by Crippen LogP contribution is -2.42. The molecule has 1 unspecified atom stereocenters. The van der Waals surface area contributed by atoms with Crippen LogP contribution in [0.1, 0.15) is 50.7 Å². The van der Waals surface area contributed by atoms with Gasteiger partial charge >= 0.3 is 6.09 Å². The van der Waals surface area contributed by atoms with E-state index in [0.29, 0.717) is 24.2 Å². The zero-order valence-electron chi connectivity index (χ0n) is 18.1. The van der Waals surface area contributed by atoms with Gasteiger partial charge in [-0.3, -0.25) is 0 Å². The maximum atomic E-state index is 13.7. The summed E-state index contributed by atoms with van der Waals surface area (Å²) >= 11 is 0. The first-order chi connectivity index (χ1) is 14.7. The highest BCUT2D eigenvalue weighted by Crippen LogP contribution is 2.29. The van der Waals surface area contributed by atoms with E-state index in [0.717, 1.165) is 29.5 Å². The van der Waals surface area contributed by atoms with Gasteiger partial charge in [-0.1, -0.05) is 12.1 Å². The highest BCUT2D eigenvalue weighted by atomic mass is 19.1. The Kier molecular flexibility index (Phi) is 5.71. The van der Waals surface area contributed by atoms with Crippen LogP contribution >= 0.6 is 0 Å². The van der Waals surface area contributed by atoms with Crippen LogP contribution in [0.5, 0.6) is 0 Å². The van der Waals surface area contributed by atoms with Crippen molar-refractivity contribution in [1.82, 2.24) is 14.7 Å². The molecule has 164 valence electrons. The van der Waals surface area contributed by atoms with Crippen LogP contribution in [0.2, 0.25) is 0 Å². The number of aromatic nitrogens is 2. The molecular formula is C24H28FN3O3. The maximum absolute atomic E-state index is 13.7. The lowest BCUT2D eigenvalue weighted by molar-refractivity contribution is 0.0198. The smallest absolute Gasteiger partial charge is 0.410 e. The Morgan fingerprint density at radius 3 is 2.68 bits per heavy atom. The number of carbonyl (C=O) groups is 1. The fourth-order valence-corrected chi connectivity index (χ4v) is 4.06. The summed E-state index contributed by atoms with van der Waals surface area (Å²) in [5.41, 5.74) is 2.54. The summed E-state index contributed by atoms with van der Waals surface area (Å²) in [7, 11) is 0. The first-order valence-electron chi connectivity index (χ1n) is 10.6. The standard InChI is InChI=1S/C24H28FN3O3/c1-24(2,3)31-23(30)27-10-4-5-17(13-27)16-6-8-20(9-7-16)28-14-21-18(15-29)11-19(25)12-22(21)26-28/h6-9,11-12,14,17,29H,4-5,10,13,15H2,1-3H3. The van der Waals surface area contributed by atoms with Crippen LogP contribution in [-0.2, 0) is 11.3 Å². The summed E-state index contributed by atoms with van der Waals surface area (Å²) < 4.78 is 21.0. The highest BCUT2D eigenvalue weighted by Gasteiger charge is 2.28. The number of aliphatic hydroxyl groups excluding tert-OH is 1. The number of hydrogen-bond donors (Lipinski definition) is 1. The molecule has 2 aromatic carbocycles. The lowest BCUT2D eigenvalue weighted by atomic mass is 9.91. The van der Waals surface area contributed by atoms with Crippen LogP contribution in [0, 0.1) is 5.82 Å². The number of aliphatic hydroxyl groups is 1. The minimum atomic E-state index is -0.502. The molecule has 2 heterocycles. The van der Waals surface area contributed by atoms with Crippen molar-refractivity contribution in [2.45, 2.75) is 51.7 Å². The predicted molar refractivity (Wildman–Crippen MR) is 117 cm³/mol. The van der Waals surface area contributed by atoms with Crippen molar-refractivity contribution >= 4 is 17.0 Å². The van der Waals surface area contributed by atoms with Crippen molar-refractivity contribution < 1.29 is 19.0 Å². The van der Waals surface area contributed by atoms with E-state index in [9.17, 15) is 14.3 Å². The second-order valence-electron chi connectivity index (χ2n) is 9.09. The van der Waals surface area contributed by atoms with E-state index >= 15 is 0 Å². The Morgan fingerprint density at radius 1 is 1.26 bits per heavy atom. The summed E-state index contributed by atoms with van der Waals surface area (Å²) in [6, 6.07) is 10.8. The molecule has 1 amide bonds. The molecule has 1 N–H and O–H groups in total. The number of rotatable bonds is 3. The molecule has 0 saturated carbocycles. The van der Waals surface area contributed by atoms with Crippen LogP contribution < -0.4 is 0 Å². The number of carbonyl (C=O) groups excluding carboxylic acids is 1. The van der Waals surface area contributed by atoms with Gasteiger partial charge in [0.25, 0.3) is 0 Å². The van der Waals surface area contributed by atoms with Gasteiger partial charge in [-0.05, 0) is 62.9 Å². The minimum absolute atomic E-state index is 0.241. The van der Waals surface area contributed by atoms with Crippen molar-refractivity contribution in [2.75, 3.05) is 13.1 Å². The van der Waals surface area contributed by atoms with E-state index in [1.165, 1.54) is 12.1 Å². The molecule has 1 saturated heterocycles. The van der Waals surface area contributed by atoms with Gasteiger partial charge in [0.1, 0.15) is 11.4 Å². The molecule has 1 fully saturated rings. The van der Waals surface area contributed by atoms with Gasteiger partial charge < -0.3 is 14.7 Å².